The molecule has 7 heteroatoms. The number of nitro groups is 1. The van der Waals surface area contributed by atoms with E-state index in [-0.39, 0.29) is 6.61 Å². The molecular weight excluding hydrogens is 266 g/mol. The van der Waals surface area contributed by atoms with E-state index in [9.17, 15) is 20.3 Å². The van der Waals surface area contributed by atoms with Crippen LogP contribution in [0.2, 0.25) is 0 Å². The molecule has 2 rings (SSSR count). The molecule has 4 atom stereocenters. The number of nitrogens with zero attached hydrogens (tertiary/aromatic N) is 1. The van der Waals surface area contributed by atoms with Gasteiger partial charge in [-0.25, -0.2) is 0 Å². The Labute approximate surface area is 115 Å². The van der Waals surface area contributed by atoms with E-state index < -0.39 is 29.5 Å². The quantitative estimate of drug-likeness (QED) is 0.600. The highest BCUT2D eigenvalue weighted by atomic mass is 16.7. The number of aliphatic hydroxyl groups excluding tert-OH is 2. The van der Waals surface area contributed by atoms with E-state index in [1.54, 1.807) is 0 Å². The van der Waals surface area contributed by atoms with Crippen molar-refractivity contribution in [1.82, 2.24) is 0 Å². The van der Waals surface area contributed by atoms with E-state index in [0.717, 1.165) is 11.6 Å². The molecule has 1 saturated heterocycles. The first-order valence-corrected chi connectivity index (χ1v) is 6.07. The predicted molar refractivity (Wildman–Crippen MR) is 68.0 cm³/mol. The Bertz CT molecular complexity index is 477. The molecule has 1 heterocycles. The van der Waals surface area contributed by atoms with Crippen LogP contribution in [-0.2, 0) is 16.1 Å². The van der Waals surface area contributed by atoms with Crippen molar-refractivity contribution in [3.8, 4) is 0 Å². The van der Waals surface area contributed by atoms with Crippen LogP contribution >= 0.6 is 0 Å². The summed E-state index contributed by atoms with van der Waals surface area (Å²) in [7, 11) is 0. The summed E-state index contributed by atoms with van der Waals surface area (Å²) >= 11 is 0. The molecule has 0 saturated carbocycles. The second-order valence-corrected chi connectivity index (χ2v) is 4.37. The second-order valence-electron chi connectivity index (χ2n) is 4.37. The van der Waals surface area contributed by atoms with Crippen molar-refractivity contribution in [2.24, 2.45) is 0 Å². The van der Waals surface area contributed by atoms with Crippen molar-refractivity contribution in [2.75, 3.05) is 0 Å². The summed E-state index contributed by atoms with van der Waals surface area (Å²) in [6.07, 6.45) is -2.54. The average molecular weight is 281 g/mol. The number of hydrogen-bond donors (Lipinski definition) is 2. The third-order valence-electron chi connectivity index (χ3n) is 2.93. The van der Waals surface area contributed by atoms with Crippen molar-refractivity contribution in [3.05, 3.63) is 58.3 Å². The van der Waals surface area contributed by atoms with Gasteiger partial charge in [0, 0.05) is 6.08 Å². The SMILES string of the molecule is O=[N+]([O-])/C=C/[C@H]1OC(O)[C@H](O)[C@H]1OCc1ccccc1. The Balaban J connectivity index is 2.00. The molecule has 1 aliphatic rings. The highest BCUT2D eigenvalue weighted by Crippen LogP contribution is 2.24. The average Bonchev–Trinajstić information content (AvgIpc) is 2.71. The van der Waals surface area contributed by atoms with Gasteiger partial charge in [-0.1, -0.05) is 30.3 Å². The van der Waals surface area contributed by atoms with Crippen LogP contribution in [-0.4, -0.2) is 39.7 Å². The third-order valence-corrected chi connectivity index (χ3v) is 2.93. The van der Waals surface area contributed by atoms with E-state index >= 15 is 0 Å². The van der Waals surface area contributed by atoms with E-state index in [1.807, 2.05) is 30.3 Å². The molecule has 20 heavy (non-hydrogen) atoms. The normalized spacial score (nSPS) is 29.9. The van der Waals surface area contributed by atoms with Gasteiger partial charge in [0.15, 0.2) is 6.29 Å². The predicted octanol–water partition coefficient (Wildman–Crippen LogP) is 0.440. The lowest BCUT2D eigenvalue weighted by atomic mass is 10.1. The van der Waals surface area contributed by atoms with Crippen LogP contribution in [0.3, 0.4) is 0 Å². The van der Waals surface area contributed by atoms with E-state index in [4.69, 9.17) is 9.47 Å². The summed E-state index contributed by atoms with van der Waals surface area (Å²) < 4.78 is 10.5. The van der Waals surface area contributed by atoms with Crippen LogP contribution in [0.25, 0.3) is 0 Å². The van der Waals surface area contributed by atoms with Crippen molar-refractivity contribution in [3.63, 3.8) is 0 Å². The van der Waals surface area contributed by atoms with Gasteiger partial charge in [-0.2, -0.15) is 0 Å². The molecule has 1 unspecified atom stereocenters. The lowest BCUT2D eigenvalue weighted by molar-refractivity contribution is -0.403. The van der Waals surface area contributed by atoms with Crippen LogP contribution in [0.15, 0.2) is 42.6 Å². The van der Waals surface area contributed by atoms with Crippen molar-refractivity contribution < 1.29 is 24.6 Å². The van der Waals surface area contributed by atoms with Crippen LogP contribution in [0.4, 0.5) is 0 Å². The smallest absolute Gasteiger partial charge is 0.233 e. The molecule has 1 aliphatic heterocycles. The molecular formula is C13H15NO6. The minimum Gasteiger partial charge on any atom is -0.385 e. The summed E-state index contributed by atoms with van der Waals surface area (Å²) in [4.78, 5) is 9.66. The molecule has 7 nitrogen and oxygen atoms in total. The summed E-state index contributed by atoms with van der Waals surface area (Å²) in [5.74, 6) is 0. The summed E-state index contributed by atoms with van der Waals surface area (Å²) in [5.41, 5.74) is 0.887. The monoisotopic (exact) mass is 281 g/mol. The van der Waals surface area contributed by atoms with Gasteiger partial charge in [-0.15, -0.1) is 0 Å². The van der Waals surface area contributed by atoms with E-state index in [2.05, 4.69) is 0 Å². The Morgan fingerprint density at radius 2 is 2.05 bits per heavy atom. The van der Waals surface area contributed by atoms with Crippen LogP contribution in [0.5, 0.6) is 0 Å². The van der Waals surface area contributed by atoms with E-state index in [0.29, 0.717) is 6.20 Å². The minimum absolute atomic E-state index is 0.210. The molecule has 2 N–H and O–H groups in total. The van der Waals surface area contributed by atoms with Gasteiger partial charge in [0.2, 0.25) is 6.20 Å². The lowest BCUT2D eigenvalue weighted by Crippen LogP contribution is -2.34. The van der Waals surface area contributed by atoms with Gasteiger partial charge in [0.25, 0.3) is 0 Å². The maximum absolute atomic E-state index is 10.3. The zero-order chi connectivity index (χ0) is 14.5. The Morgan fingerprint density at radius 1 is 1.35 bits per heavy atom. The first-order valence-electron chi connectivity index (χ1n) is 6.07. The van der Waals surface area contributed by atoms with Crippen LogP contribution in [0, 0.1) is 10.1 Å². The topological polar surface area (TPSA) is 102 Å². The first-order chi connectivity index (χ1) is 9.58. The van der Waals surface area contributed by atoms with Gasteiger partial charge in [-0.05, 0) is 5.56 Å². The highest BCUT2D eigenvalue weighted by Gasteiger charge is 2.43. The van der Waals surface area contributed by atoms with Crippen molar-refractivity contribution in [2.45, 2.75) is 31.2 Å². The Morgan fingerprint density at radius 3 is 2.70 bits per heavy atom. The molecule has 0 aromatic heterocycles. The van der Waals surface area contributed by atoms with Gasteiger partial charge in [0.1, 0.15) is 18.3 Å². The molecule has 1 aromatic carbocycles. The van der Waals surface area contributed by atoms with Gasteiger partial charge in [-0.3, -0.25) is 10.1 Å². The Hall–Kier alpha value is -1.80. The fraction of sp³-hybridized carbons (Fsp3) is 0.385. The number of hydrogen-bond acceptors (Lipinski definition) is 6. The number of benzene rings is 1. The zero-order valence-corrected chi connectivity index (χ0v) is 10.5. The standard InChI is InChI=1S/C13H15NO6/c15-11-12(19-8-9-4-2-1-3-5-9)10(20-13(11)16)6-7-14(17)18/h1-7,10-13,15-16H,8H2/b7-6+/t10-,11-,12+,13?/m1/s1. The number of rotatable bonds is 5. The Kier molecular flexibility index (Phi) is 4.80. The number of ether oxygens (including phenoxy) is 2. The van der Waals surface area contributed by atoms with Gasteiger partial charge >= 0.3 is 0 Å². The van der Waals surface area contributed by atoms with Crippen molar-refractivity contribution in [1.29, 1.82) is 0 Å². The number of aliphatic hydroxyl groups is 2. The zero-order valence-electron chi connectivity index (χ0n) is 10.5. The first kappa shape index (κ1) is 14.6. The van der Waals surface area contributed by atoms with Crippen molar-refractivity contribution >= 4 is 0 Å². The maximum Gasteiger partial charge on any atom is 0.233 e. The van der Waals surface area contributed by atoms with Gasteiger partial charge < -0.3 is 19.7 Å². The fourth-order valence-corrected chi connectivity index (χ4v) is 1.95. The molecule has 108 valence electrons. The molecule has 0 spiro atoms. The third kappa shape index (κ3) is 3.61. The fourth-order valence-electron chi connectivity index (χ4n) is 1.95. The molecule has 0 radical (unpaired) electrons. The summed E-state index contributed by atoms with van der Waals surface area (Å²) in [6.45, 7) is 0.210. The molecule has 1 aromatic rings. The van der Waals surface area contributed by atoms with Gasteiger partial charge in [0.05, 0.1) is 11.5 Å². The maximum atomic E-state index is 10.3. The summed E-state index contributed by atoms with van der Waals surface area (Å²) in [6, 6.07) is 9.25. The molecule has 0 amide bonds. The summed E-state index contributed by atoms with van der Waals surface area (Å²) in [5, 5.41) is 29.5. The highest BCUT2D eigenvalue weighted by molar-refractivity contribution is 5.13. The minimum atomic E-state index is -1.42. The molecule has 0 bridgehead atoms. The molecule has 0 aliphatic carbocycles. The molecule has 1 fully saturated rings. The van der Waals surface area contributed by atoms with Crippen LogP contribution < -0.4 is 0 Å². The second kappa shape index (κ2) is 6.58. The van der Waals surface area contributed by atoms with E-state index in [1.165, 1.54) is 0 Å². The van der Waals surface area contributed by atoms with Crippen LogP contribution in [0.1, 0.15) is 5.56 Å². The largest absolute Gasteiger partial charge is 0.385 e. The lowest BCUT2D eigenvalue weighted by Gasteiger charge is -2.18.